The van der Waals surface area contributed by atoms with Gasteiger partial charge in [-0.1, -0.05) is 60.5 Å². The Hall–Kier alpha value is -2.94. The molecule has 1 rings (SSSR count). The largest absolute Gasteiger partial charge is 0.480 e. The van der Waals surface area contributed by atoms with Crippen LogP contribution >= 0.6 is 0 Å². The van der Waals surface area contributed by atoms with E-state index in [4.69, 9.17) is 19.9 Å². The van der Waals surface area contributed by atoms with Crippen LogP contribution in [0.5, 0.6) is 11.5 Å². The lowest BCUT2D eigenvalue weighted by Crippen LogP contribution is -2.40. The second kappa shape index (κ2) is 17.6. The van der Waals surface area contributed by atoms with E-state index in [1.807, 2.05) is 34.6 Å². The Morgan fingerprint density at radius 2 is 1.38 bits per heavy atom. The number of carboxylic acid groups (broad SMARTS) is 1. The average molecular weight is 550 g/mol. The number of aliphatic carboxylic acids is 1. The minimum atomic E-state index is -1.32. The second-order valence-electron chi connectivity index (χ2n) is 11.0. The van der Waals surface area contributed by atoms with Gasteiger partial charge in [0.05, 0.1) is 6.61 Å². The number of hydrogen-bond donors (Lipinski definition) is 2. The molecule has 0 radical (unpaired) electrons. The van der Waals surface area contributed by atoms with Gasteiger partial charge in [0.25, 0.3) is 0 Å². The lowest BCUT2D eigenvalue weighted by molar-refractivity contribution is -0.145. The predicted octanol–water partition coefficient (Wildman–Crippen LogP) is 5.62. The maximum absolute atomic E-state index is 12.6. The van der Waals surface area contributed by atoms with Gasteiger partial charge < -0.3 is 25.1 Å². The zero-order valence-corrected chi connectivity index (χ0v) is 24.4. The SMILES string of the molecule is CCCCCC(=O)OCC(C)C(c1ccc(OC(=O)CCC(C)C)c(OC(=O)CCC(C)C)c1)[C@H](N)C(=O)O. The summed E-state index contributed by atoms with van der Waals surface area (Å²) < 4.78 is 16.5. The Morgan fingerprint density at radius 1 is 0.821 bits per heavy atom. The Morgan fingerprint density at radius 3 is 1.90 bits per heavy atom. The maximum Gasteiger partial charge on any atom is 0.321 e. The van der Waals surface area contributed by atoms with E-state index in [2.05, 4.69) is 0 Å². The van der Waals surface area contributed by atoms with Gasteiger partial charge in [0.15, 0.2) is 11.5 Å². The third kappa shape index (κ3) is 13.1. The van der Waals surface area contributed by atoms with Crippen LogP contribution in [0.25, 0.3) is 0 Å². The highest BCUT2D eigenvalue weighted by molar-refractivity contribution is 5.77. The van der Waals surface area contributed by atoms with Crippen LogP contribution in [0.4, 0.5) is 0 Å². The first-order valence-corrected chi connectivity index (χ1v) is 14.0. The first-order chi connectivity index (χ1) is 18.3. The summed E-state index contributed by atoms with van der Waals surface area (Å²) >= 11 is 0. The number of rotatable bonds is 18. The van der Waals surface area contributed by atoms with E-state index in [1.54, 1.807) is 13.0 Å². The summed E-state index contributed by atoms with van der Waals surface area (Å²) in [5, 5.41) is 9.71. The molecule has 0 amide bonds. The summed E-state index contributed by atoms with van der Waals surface area (Å²) in [7, 11) is 0. The highest BCUT2D eigenvalue weighted by Crippen LogP contribution is 2.36. The van der Waals surface area contributed by atoms with E-state index in [1.165, 1.54) is 12.1 Å². The fourth-order valence-electron chi connectivity index (χ4n) is 4.02. The van der Waals surface area contributed by atoms with Crippen molar-refractivity contribution in [2.24, 2.45) is 23.5 Å². The topological polar surface area (TPSA) is 142 Å². The number of carbonyl (C=O) groups is 4. The Balaban J connectivity index is 3.26. The molecule has 0 aliphatic heterocycles. The van der Waals surface area contributed by atoms with Crippen molar-refractivity contribution in [3.8, 4) is 11.5 Å². The fourth-order valence-corrected chi connectivity index (χ4v) is 4.02. The zero-order chi connectivity index (χ0) is 29.5. The number of carbonyl (C=O) groups excluding carboxylic acids is 3. The van der Waals surface area contributed by atoms with Gasteiger partial charge in [0.1, 0.15) is 6.04 Å². The molecular weight excluding hydrogens is 502 g/mol. The summed E-state index contributed by atoms with van der Waals surface area (Å²) in [6.07, 6.45) is 4.56. The van der Waals surface area contributed by atoms with E-state index in [9.17, 15) is 24.3 Å². The summed E-state index contributed by atoms with van der Waals surface area (Å²) in [5.74, 6) is -3.06. The monoisotopic (exact) mass is 549 g/mol. The molecule has 0 heterocycles. The standard InChI is InChI=1S/C30H47NO8/c1-7-8-9-10-25(32)37-18-21(6)28(29(31)30(35)36)22-13-14-23(38-26(33)15-11-19(2)3)24(17-22)39-27(34)16-12-20(4)5/h13-14,17,19-21,28-29H,7-12,15-16,18,31H2,1-6H3,(H,35,36)/t21?,28?,29-/m0/s1. The summed E-state index contributed by atoms with van der Waals surface area (Å²) in [6, 6.07) is 3.26. The third-order valence-corrected chi connectivity index (χ3v) is 6.43. The highest BCUT2D eigenvalue weighted by atomic mass is 16.6. The highest BCUT2D eigenvalue weighted by Gasteiger charge is 2.32. The molecule has 0 aliphatic carbocycles. The summed E-state index contributed by atoms with van der Waals surface area (Å²) in [6.45, 7) is 11.8. The Labute approximate surface area is 232 Å². The van der Waals surface area contributed by atoms with Crippen LogP contribution in [0.1, 0.15) is 104 Å². The normalized spacial score (nSPS) is 13.6. The summed E-state index contributed by atoms with van der Waals surface area (Å²) in [5.41, 5.74) is 6.55. The molecular formula is C30H47NO8. The zero-order valence-electron chi connectivity index (χ0n) is 24.4. The molecule has 220 valence electrons. The minimum Gasteiger partial charge on any atom is -0.480 e. The number of carboxylic acids is 1. The quantitative estimate of drug-likeness (QED) is 0.135. The molecule has 0 aromatic heterocycles. The van der Waals surface area contributed by atoms with Crippen LogP contribution in [0.2, 0.25) is 0 Å². The second-order valence-corrected chi connectivity index (χ2v) is 11.0. The molecule has 1 aromatic rings. The molecule has 9 heteroatoms. The van der Waals surface area contributed by atoms with Gasteiger partial charge in [-0.2, -0.15) is 0 Å². The van der Waals surface area contributed by atoms with Gasteiger partial charge >= 0.3 is 23.9 Å². The Kier molecular flexibility index (Phi) is 15.4. The minimum absolute atomic E-state index is 0.0190. The van der Waals surface area contributed by atoms with Crippen LogP contribution < -0.4 is 15.2 Å². The lowest BCUT2D eigenvalue weighted by Gasteiger charge is -2.28. The van der Waals surface area contributed by atoms with Gasteiger partial charge in [-0.15, -0.1) is 0 Å². The van der Waals surface area contributed by atoms with Gasteiger partial charge in [-0.3, -0.25) is 19.2 Å². The van der Waals surface area contributed by atoms with E-state index in [0.717, 1.165) is 19.3 Å². The molecule has 0 saturated carbocycles. The molecule has 2 unspecified atom stereocenters. The number of esters is 3. The van der Waals surface area contributed by atoms with Gasteiger partial charge in [0, 0.05) is 25.2 Å². The maximum atomic E-state index is 12.6. The first kappa shape index (κ1) is 34.1. The van der Waals surface area contributed by atoms with Crippen LogP contribution in [-0.4, -0.2) is 41.6 Å². The molecule has 1 aromatic carbocycles. The molecule has 3 atom stereocenters. The van der Waals surface area contributed by atoms with E-state index in [-0.39, 0.29) is 36.9 Å². The molecule has 0 fully saturated rings. The number of unbranched alkanes of at least 4 members (excludes halogenated alkanes) is 2. The third-order valence-electron chi connectivity index (χ3n) is 6.43. The van der Waals surface area contributed by atoms with Crippen molar-refractivity contribution in [3.63, 3.8) is 0 Å². The smallest absolute Gasteiger partial charge is 0.321 e. The van der Waals surface area contributed by atoms with Crippen molar-refractivity contribution in [2.45, 2.75) is 105 Å². The van der Waals surface area contributed by atoms with Crippen molar-refractivity contribution < 1.29 is 38.5 Å². The van der Waals surface area contributed by atoms with Crippen molar-refractivity contribution in [1.82, 2.24) is 0 Å². The number of nitrogens with two attached hydrogens (primary N) is 1. The van der Waals surface area contributed by atoms with Gasteiger partial charge in [0.2, 0.25) is 0 Å². The van der Waals surface area contributed by atoms with E-state index >= 15 is 0 Å². The van der Waals surface area contributed by atoms with Gasteiger partial charge in [-0.25, -0.2) is 0 Å². The van der Waals surface area contributed by atoms with Crippen LogP contribution in [-0.2, 0) is 23.9 Å². The van der Waals surface area contributed by atoms with Crippen molar-refractivity contribution in [2.75, 3.05) is 6.61 Å². The number of benzene rings is 1. The summed E-state index contributed by atoms with van der Waals surface area (Å²) in [4.78, 5) is 49.0. The lowest BCUT2D eigenvalue weighted by atomic mass is 9.82. The van der Waals surface area contributed by atoms with E-state index in [0.29, 0.717) is 36.7 Å². The van der Waals surface area contributed by atoms with Crippen molar-refractivity contribution >= 4 is 23.9 Å². The average Bonchev–Trinajstić information content (AvgIpc) is 2.86. The molecule has 9 nitrogen and oxygen atoms in total. The predicted molar refractivity (Wildman–Crippen MR) is 148 cm³/mol. The molecule has 0 aliphatic rings. The van der Waals surface area contributed by atoms with Gasteiger partial charge in [-0.05, 0) is 54.7 Å². The van der Waals surface area contributed by atoms with Crippen molar-refractivity contribution in [1.29, 1.82) is 0 Å². The number of hydrogen-bond acceptors (Lipinski definition) is 8. The molecule has 3 N–H and O–H groups in total. The van der Waals surface area contributed by atoms with Crippen LogP contribution in [0, 0.1) is 17.8 Å². The molecule has 0 saturated heterocycles. The Bertz CT molecular complexity index is 943. The molecule has 39 heavy (non-hydrogen) atoms. The van der Waals surface area contributed by atoms with Crippen LogP contribution in [0.15, 0.2) is 18.2 Å². The number of ether oxygens (including phenoxy) is 3. The fraction of sp³-hybridized carbons (Fsp3) is 0.667. The van der Waals surface area contributed by atoms with E-state index < -0.39 is 35.8 Å². The van der Waals surface area contributed by atoms with Crippen molar-refractivity contribution in [3.05, 3.63) is 23.8 Å². The molecule has 0 spiro atoms. The first-order valence-electron chi connectivity index (χ1n) is 14.0. The van der Waals surface area contributed by atoms with Crippen LogP contribution in [0.3, 0.4) is 0 Å². The molecule has 0 bridgehead atoms.